The summed E-state index contributed by atoms with van der Waals surface area (Å²) in [6.07, 6.45) is 7.51. The summed E-state index contributed by atoms with van der Waals surface area (Å²) in [7, 11) is 1.64. The topological polar surface area (TPSA) is 57.8 Å². The van der Waals surface area contributed by atoms with Crippen molar-refractivity contribution in [3.05, 3.63) is 66.9 Å². The molecule has 1 unspecified atom stereocenters. The average molecular weight is 281 g/mol. The van der Waals surface area contributed by atoms with E-state index in [0.717, 1.165) is 22.0 Å². The number of carbonyl (C=O) groups is 1. The van der Waals surface area contributed by atoms with Gasteiger partial charge in [-0.3, -0.25) is 9.89 Å². The molecule has 1 aromatic heterocycles. The highest BCUT2D eigenvalue weighted by Gasteiger charge is 2.20. The molecule has 0 saturated heterocycles. The van der Waals surface area contributed by atoms with Crippen LogP contribution in [0.2, 0.25) is 0 Å². The maximum Gasteiger partial charge on any atom is 0.220 e. The molecular formula is C17H19N3O. The van der Waals surface area contributed by atoms with Crippen molar-refractivity contribution in [3.8, 4) is 0 Å². The second-order valence-electron chi connectivity index (χ2n) is 4.71. The van der Waals surface area contributed by atoms with Gasteiger partial charge < -0.3 is 5.32 Å². The minimum absolute atomic E-state index is 0.0164. The number of hydrogen-bond acceptors (Lipinski definition) is 2. The average Bonchev–Trinajstić information content (AvgIpc) is 2.99. The lowest BCUT2D eigenvalue weighted by Gasteiger charge is -2.19. The molecule has 1 amide bonds. The summed E-state index contributed by atoms with van der Waals surface area (Å²) in [4.78, 5) is 11.9. The third-order valence-corrected chi connectivity index (χ3v) is 3.51. The highest BCUT2D eigenvalue weighted by Crippen LogP contribution is 2.33. The Bertz CT molecular complexity index is 697. The molecule has 4 nitrogen and oxygen atoms in total. The number of carbonyl (C=O) groups excluding carboxylic acids is 1. The molecule has 2 rings (SSSR count). The van der Waals surface area contributed by atoms with E-state index >= 15 is 0 Å². The number of hydrogen-bond donors (Lipinski definition) is 2. The van der Waals surface area contributed by atoms with Crippen LogP contribution in [-0.2, 0) is 4.79 Å². The van der Waals surface area contributed by atoms with E-state index in [2.05, 4.69) is 28.7 Å². The summed E-state index contributed by atoms with van der Waals surface area (Å²) in [6, 6.07) is 5.95. The van der Waals surface area contributed by atoms with Crippen LogP contribution in [0.15, 0.2) is 61.4 Å². The molecule has 0 saturated carbocycles. The quantitative estimate of drug-likeness (QED) is 0.799. The van der Waals surface area contributed by atoms with Crippen LogP contribution in [0.3, 0.4) is 0 Å². The van der Waals surface area contributed by atoms with Crippen LogP contribution >= 0.6 is 0 Å². The van der Waals surface area contributed by atoms with Crippen molar-refractivity contribution in [2.75, 3.05) is 7.05 Å². The van der Waals surface area contributed by atoms with Gasteiger partial charge in [0.2, 0.25) is 5.91 Å². The molecule has 4 heteroatoms. The van der Waals surface area contributed by atoms with Crippen molar-refractivity contribution in [3.63, 3.8) is 0 Å². The fourth-order valence-corrected chi connectivity index (χ4v) is 2.45. The molecule has 0 radical (unpaired) electrons. The molecule has 2 aromatic rings. The van der Waals surface area contributed by atoms with Gasteiger partial charge in [-0.25, -0.2) is 0 Å². The molecule has 1 aromatic carbocycles. The number of allylic oxidation sites excluding steroid dienone is 4. The number of nitrogens with zero attached hydrogens (tertiary/aromatic N) is 1. The zero-order valence-electron chi connectivity index (χ0n) is 12.1. The van der Waals surface area contributed by atoms with Gasteiger partial charge in [0, 0.05) is 24.8 Å². The minimum atomic E-state index is -0.0817. The molecule has 108 valence electrons. The van der Waals surface area contributed by atoms with Crippen molar-refractivity contribution >= 4 is 16.8 Å². The van der Waals surface area contributed by atoms with E-state index in [9.17, 15) is 4.79 Å². The first-order valence-electron chi connectivity index (χ1n) is 6.78. The van der Waals surface area contributed by atoms with Crippen molar-refractivity contribution in [2.24, 2.45) is 0 Å². The van der Waals surface area contributed by atoms with E-state index in [0.29, 0.717) is 6.42 Å². The summed E-state index contributed by atoms with van der Waals surface area (Å²) >= 11 is 0. The smallest absolute Gasteiger partial charge is 0.220 e. The number of amides is 1. The molecular weight excluding hydrogens is 262 g/mol. The molecule has 0 aliphatic carbocycles. The predicted octanol–water partition coefficient (Wildman–Crippen LogP) is 3.08. The van der Waals surface area contributed by atoms with Crippen molar-refractivity contribution in [2.45, 2.75) is 12.3 Å². The SMILES string of the molecule is C=C/C=C(\C=C)C(CC(=O)NC)c1cccc2[nH]ncc12. The summed E-state index contributed by atoms with van der Waals surface area (Å²) in [5.74, 6) is -0.0981. The van der Waals surface area contributed by atoms with Crippen molar-refractivity contribution in [1.82, 2.24) is 15.5 Å². The van der Waals surface area contributed by atoms with E-state index in [4.69, 9.17) is 0 Å². The zero-order chi connectivity index (χ0) is 15.2. The maximum absolute atomic E-state index is 11.9. The Hall–Kier alpha value is -2.62. The van der Waals surface area contributed by atoms with Gasteiger partial charge in [0.15, 0.2) is 0 Å². The Morgan fingerprint density at radius 3 is 2.95 bits per heavy atom. The fourth-order valence-electron chi connectivity index (χ4n) is 2.45. The standard InChI is InChI=1S/C17H19N3O/c1-4-7-12(5-2)14(10-17(21)18-3)13-8-6-9-16-15(13)11-19-20-16/h4-9,11,14H,1-2,10H2,3H3,(H,18,21)(H,19,20)/b12-7+. The van der Waals surface area contributed by atoms with E-state index in [-0.39, 0.29) is 11.8 Å². The summed E-state index contributed by atoms with van der Waals surface area (Å²) in [5, 5.41) is 10.7. The second kappa shape index (κ2) is 6.70. The van der Waals surface area contributed by atoms with Gasteiger partial charge in [-0.1, -0.05) is 43.5 Å². The summed E-state index contributed by atoms with van der Waals surface area (Å²) < 4.78 is 0. The maximum atomic E-state index is 11.9. The molecule has 0 aliphatic rings. The number of rotatable bonds is 6. The van der Waals surface area contributed by atoms with Gasteiger partial charge in [0.25, 0.3) is 0 Å². The van der Waals surface area contributed by atoms with Crippen LogP contribution in [0.5, 0.6) is 0 Å². The minimum Gasteiger partial charge on any atom is -0.359 e. The van der Waals surface area contributed by atoms with E-state index < -0.39 is 0 Å². The van der Waals surface area contributed by atoms with Crippen molar-refractivity contribution in [1.29, 1.82) is 0 Å². The third kappa shape index (κ3) is 3.11. The lowest BCUT2D eigenvalue weighted by atomic mass is 9.86. The first-order chi connectivity index (χ1) is 10.2. The molecule has 0 aliphatic heterocycles. The van der Waals surface area contributed by atoms with Crippen LogP contribution in [-0.4, -0.2) is 23.2 Å². The molecule has 21 heavy (non-hydrogen) atoms. The molecule has 0 bridgehead atoms. The Morgan fingerprint density at radius 1 is 1.48 bits per heavy atom. The van der Waals surface area contributed by atoms with Gasteiger partial charge in [-0.05, 0) is 17.2 Å². The number of benzene rings is 1. The van der Waals surface area contributed by atoms with Gasteiger partial charge in [0.05, 0.1) is 11.7 Å². The summed E-state index contributed by atoms with van der Waals surface area (Å²) in [6.45, 7) is 7.59. The molecule has 0 fully saturated rings. The molecule has 0 spiro atoms. The lowest BCUT2D eigenvalue weighted by molar-refractivity contribution is -0.120. The van der Waals surface area contributed by atoms with Gasteiger partial charge in [0.1, 0.15) is 0 Å². The van der Waals surface area contributed by atoms with Crippen LogP contribution in [0.1, 0.15) is 17.9 Å². The van der Waals surface area contributed by atoms with E-state index in [1.165, 1.54) is 0 Å². The lowest BCUT2D eigenvalue weighted by Crippen LogP contribution is -2.21. The fraction of sp³-hybridized carbons (Fsp3) is 0.176. The van der Waals surface area contributed by atoms with Crippen LogP contribution in [0.4, 0.5) is 0 Å². The van der Waals surface area contributed by atoms with Crippen molar-refractivity contribution < 1.29 is 4.79 Å². The van der Waals surface area contributed by atoms with Gasteiger partial charge in [-0.15, -0.1) is 0 Å². The number of H-pyrrole nitrogens is 1. The molecule has 2 N–H and O–H groups in total. The third-order valence-electron chi connectivity index (χ3n) is 3.51. The highest BCUT2D eigenvalue weighted by atomic mass is 16.1. The Balaban J connectivity index is 2.55. The van der Waals surface area contributed by atoms with Crippen LogP contribution < -0.4 is 5.32 Å². The predicted molar refractivity (Wildman–Crippen MR) is 86.0 cm³/mol. The Labute approximate surface area is 124 Å². The number of aromatic amines is 1. The van der Waals surface area contributed by atoms with E-state index in [1.807, 2.05) is 24.3 Å². The number of fused-ring (bicyclic) bond motifs is 1. The van der Waals surface area contributed by atoms with E-state index in [1.54, 1.807) is 25.4 Å². The molecule has 1 heterocycles. The molecule has 1 atom stereocenters. The second-order valence-corrected chi connectivity index (χ2v) is 4.71. The van der Waals surface area contributed by atoms with Gasteiger partial charge >= 0.3 is 0 Å². The first kappa shape index (κ1) is 14.8. The zero-order valence-corrected chi connectivity index (χ0v) is 12.1. The van der Waals surface area contributed by atoms with Gasteiger partial charge in [-0.2, -0.15) is 5.10 Å². The normalized spacial score (nSPS) is 12.9. The summed E-state index contributed by atoms with van der Waals surface area (Å²) in [5.41, 5.74) is 2.97. The Morgan fingerprint density at radius 2 is 2.29 bits per heavy atom. The number of nitrogens with one attached hydrogen (secondary N) is 2. The number of aromatic nitrogens is 2. The largest absolute Gasteiger partial charge is 0.359 e. The highest BCUT2D eigenvalue weighted by molar-refractivity contribution is 5.84. The monoisotopic (exact) mass is 281 g/mol. The first-order valence-corrected chi connectivity index (χ1v) is 6.78. The van der Waals surface area contributed by atoms with Crippen LogP contribution in [0, 0.1) is 0 Å². The Kier molecular flexibility index (Phi) is 4.72. The van der Waals surface area contributed by atoms with Crippen LogP contribution in [0.25, 0.3) is 10.9 Å².